The molecule has 3 rings (SSSR count). The largest absolute Gasteiger partial charge is 0.352 e. The van der Waals surface area contributed by atoms with E-state index in [2.05, 4.69) is 24.5 Å². The molecule has 1 saturated heterocycles. The van der Waals surface area contributed by atoms with Crippen molar-refractivity contribution >= 4 is 17.8 Å². The summed E-state index contributed by atoms with van der Waals surface area (Å²) in [6, 6.07) is -0.300. The standard InChI is InChI=1S/C17H27N3O3/c1-10-5-4-6-13(11(10)2)18-14(21)9-20-15(22)17(3,12-7-8-12)19-16(20)23/h10-13H,4-9H2,1-3H3,(H,18,21)(H,19,23)/t10-,11+,13+,17-/m1/s1. The Bertz CT molecular complexity index is 531. The van der Waals surface area contributed by atoms with Crippen LogP contribution in [-0.4, -0.2) is 40.9 Å². The van der Waals surface area contributed by atoms with Gasteiger partial charge < -0.3 is 10.6 Å². The maximum Gasteiger partial charge on any atom is 0.325 e. The average Bonchev–Trinajstić information content (AvgIpc) is 3.30. The smallest absolute Gasteiger partial charge is 0.325 e. The minimum atomic E-state index is -0.815. The molecule has 0 bridgehead atoms. The summed E-state index contributed by atoms with van der Waals surface area (Å²) in [7, 11) is 0. The first kappa shape index (κ1) is 16.3. The van der Waals surface area contributed by atoms with Gasteiger partial charge in [0.05, 0.1) is 0 Å². The zero-order chi connectivity index (χ0) is 16.8. The van der Waals surface area contributed by atoms with Gasteiger partial charge in [-0.3, -0.25) is 14.5 Å². The minimum absolute atomic E-state index is 0.141. The Hall–Kier alpha value is -1.59. The van der Waals surface area contributed by atoms with Crippen LogP contribution in [0.1, 0.15) is 52.9 Å². The van der Waals surface area contributed by atoms with Crippen LogP contribution in [0.15, 0.2) is 0 Å². The number of carbonyl (C=O) groups is 3. The quantitative estimate of drug-likeness (QED) is 0.773. The lowest BCUT2D eigenvalue weighted by Crippen LogP contribution is -2.49. The van der Waals surface area contributed by atoms with E-state index in [0.717, 1.165) is 30.6 Å². The molecule has 2 saturated carbocycles. The van der Waals surface area contributed by atoms with Crippen LogP contribution in [0.3, 0.4) is 0 Å². The number of carbonyl (C=O) groups excluding carboxylic acids is 3. The summed E-state index contributed by atoms with van der Waals surface area (Å²) in [6.07, 6.45) is 5.19. The number of hydrogen-bond acceptors (Lipinski definition) is 3. The molecule has 0 spiro atoms. The molecule has 1 aliphatic heterocycles. The lowest BCUT2D eigenvalue weighted by Gasteiger charge is -2.34. The predicted octanol–water partition coefficient (Wildman–Crippen LogP) is 1.65. The molecular weight excluding hydrogens is 294 g/mol. The van der Waals surface area contributed by atoms with Crippen molar-refractivity contribution in [3.05, 3.63) is 0 Å². The Morgan fingerprint density at radius 2 is 1.96 bits per heavy atom. The molecule has 6 heteroatoms. The van der Waals surface area contributed by atoms with Crippen LogP contribution in [0, 0.1) is 17.8 Å². The van der Waals surface area contributed by atoms with E-state index in [1.165, 1.54) is 6.42 Å². The highest BCUT2D eigenvalue weighted by molar-refractivity contribution is 6.09. The number of urea groups is 1. The molecule has 3 fully saturated rings. The van der Waals surface area contributed by atoms with Crippen molar-refractivity contribution in [1.29, 1.82) is 0 Å². The lowest BCUT2D eigenvalue weighted by atomic mass is 9.78. The van der Waals surface area contributed by atoms with Gasteiger partial charge in [-0.15, -0.1) is 0 Å². The molecule has 128 valence electrons. The first-order chi connectivity index (χ1) is 10.8. The van der Waals surface area contributed by atoms with Gasteiger partial charge in [0.2, 0.25) is 5.91 Å². The van der Waals surface area contributed by atoms with Crippen molar-refractivity contribution in [2.24, 2.45) is 17.8 Å². The van der Waals surface area contributed by atoms with E-state index < -0.39 is 11.6 Å². The second kappa shape index (κ2) is 5.80. The molecule has 6 nitrogen and oxygen atoms in total. The fraction of sp³-hybridized carbons (Fsp3) is 0.824. The Balaban J connectivity index is 1.59. The predicted molar refractivity (Wildman–Crippen MR) is 85.5 cm³/mol. The van der Waals surface area contributed by atoms with Gasteiger partial charge in [-0.05, 0) is 43.9 Å². The van der Waals surface area contributed by atoms with Gasteiger partial charge in [-0.2, -0.15) is 0 Å². The van der Waals surface area contributed by atoms with E-state index >= 15 is 0 Å². The zero-order valence-corrected chi connectivity index (χ0v) is 14.2. The SMILES string of the molecule is C[C@H]1[C@H](C)CCC[C@@H]1NC(=O)CN1C(=O)N[C@](C)(C2CC2)C1=O. The second-order valence-corrected chi connectivity index (χ2v) is 7.74. The molecule has 0 aromatic heterocycles. The van der Waals surface area contributed by atoms with Gasteiger partial charge in [0.15, 0.2) is 0 Å². The molecule has 0 unspecified atom stereocenters. The highest BCUT2D eigenvalue weighted by Gasteiger charge is 2.56. The van der Waals surface area contributed by atoms with Gasteiger partial charge in [-0.25, -0.2) is 4.79 Å². The zero-order valence-electron chi connectivity index (χ0n) is 14.2. The second-order valence-electron chi connectivity index (χ2n) is 7.74. The number of nitrogens with one attached hydrogen (secondary N) is 2. The maximum absolute atomic E-state index is 12.5. The summed E-state index contributed by atoms with van der Waals surface area (Å²) < 4.78 is 0. The summed E-state index contributed by atoms with van der Waals surface area (Å²) in [6.45, 7) is 5.96. The van der Waals surface area contributed by atoms with E-state index in [4.69, 9.17) is 0 Å². The monoisotopic (exact) mass is 321 g/mol. The van der Waals surface area contributed by atoms with Crippen LogP contribution in [0.4, 0.5) is 4.79 Å². The van der Waals surface area contributed by atoms with Crippen molar-refractivity contribution in [3.63, 3.8) is 0 Å². The van der Waals surface area contributed by atoms with Gasteiger partial charge >= 0.3 is 6.03 Å². The molecule has 0 aromatic carbocycles. The van der Waals surface area contributed by atoms with Crippen LogP contribution in [0.25, 0.3) is 0 Å². The van der Waals surface area contributed by atoms with Crippen molar-refractivity contribution in [3.8, 4) is 0 Å². The number of amides is 4. The van der Waals surface area contributed by atoms with Gasteiger partial charge in [0.1, 0.15) is 12.1 Å². The van der Waals surface area contributed by atoms with E-state index in [1.54, 1.807) is 6.92 Å². The lowest BCUT2D eigenvalue weighted by molar-refractivity contribution is -0.135. The first-order valence-electron chi connectivity index (χ1n) is 8.76. The van der Waals surface area contributed by atoms with E-state index in [0.29, 0.717) is 11.8 Å². The summed E-state index contributed by atoms with van der Waals surface area (Å²) in [5, 5.41) is 5.80. The van der Waals surface area contributed by atoms with E-state index in [-0.39, 0.29) is 30.3 Å². The highest BCUT2D eigenvalue weighted by atomic mass is 16.2. The van der Waals surface area contributed by atoms with Gasteiger partial charge in [0, 0.05) is 6.04 Å². The fourth-order valence-electron chi connectivity index (χ4n) is 3.98. The topological polar surface area (TPSA) is 78.5 Å². The van der Waals surface area contributed by atoms with Gasteiger partial charge in [0.25, 0.3) is 5.91 Å². The Labute approximate surface area is 137 Å². The van der Waals surface area contributed by atoms with Crippen LogP contribution >= 0.6 is 0 Å². The fourth-order valence-corrected chi connectivity index (χ4v) is 3.98. The summed E-state index contributed by atoms with van der Waals surface area (Å²) >= 11 is 0. The van der Waals surface area contributed by atoms with Gasteiger partial charge in [-0.1, -0.05) is 26.7 Å². The van der Waals surface area contributed by atoms with Crippen LogP contribution < -0.4 is 10.6 Å². The number of rotatable bonds is 4. The highest BCUT2D eigenvalue weighted by Crippen LogP contribution is 2.42. The Morgan fingerprint density at radius 1 is 1.26 bits per heavy atom. The van der Waals surface area contributed by atoms with Crippen molar-refractivity contribution in [2.45, 2.75) is 64.5 Å². The molecule has 4 atom stereocenters. The minimum Gasteiger partial charge on any atom is -0.352 e. The third kappa shape index (κ3) is 2.95. The van der Waals surface area contributed by atoms with Crippen LogP contribution in [0.2, 0.25) is 0 Å². The molecule has 2 aliphatic carbocycles. The Morgan fingerprint density at radius 3 is 2.61 bits per heavy atom. The first-order valence-corrected chi connectivity index (χ1v) is 8.76. The summed E-state index contributed by atoms with van der Waals surface area (Å²) in [5.41, 5.74) is -0.815. The van der Waals surface area contributed by atoms with Crippen molar-refractivity contribution in [1.82, 2.24) is 15.5 Å². The molecule has 23 heavy (non-hydrogen) atoms. The molecule has 0 aromatic rings. The third-order valence-electron chi connectivity index (χ3n) is 6.05. The van der Waals surface area contributed by atoms with Crippen molar-refractivity contribution < 1.29 is 14.4 Å². The number of nitrogens with zero attached hydrogens (tertiary/aromatic N) is 1. The molecular formula is C17H27N3O3. The molecule has 0 radical (unpaired) electrons. The molecule has 2 N–H and O–H groups in total. The number of hydrogen-bond donors (Lipinski definition) is 2. The van der Waals surface area contributed by atoms with Crippen molar-refractivity contribution in [2.75, 3.05) is 6.54 Å². The molecule has 3 aliphatic rings. The molecule has 1 heterocycles. The average molecular weight is 321 g/mol. The third-order valence-corrected chi connectivity index (χ3v) is 6.05. The van der Waals surface area contributed by atoms with E-state index in [9.17, 15) is 14.4 Å². The van der Waals surface area contributed by atoms with E-state index in [1.807, 2.05) is 0 Å². The maximum atomic E-state index is 12.5. The summed E-state index contributed by atoms with van der Waals surface area (Å²) in [5.74, 6) is 0.729. The van der Waals surface area contributed by atoms with Crippen LogP contribution in [0.5, 0.6) is 0 Å². The Kier molecular flexibility index (Phi) is 4.10. The van der Waals surface area contributed by atoms with Crippen LogP contribution in [-0.2, 0) is 9.59 Å². The molecule has 4 amide bonds. The summed E-state index contributed by atoms with van der Waals surface area (Å²) in [4.78, 5) is 38.0. The number of imide groups is 1. The normalized spacial score (nSPS) is 37.7.